The first-order valence-corrected chi connectivity index (χ1v) is 8.14. The van der Waals surface area contributed by atoms with E-state index in [9.17, 15) is 10.2 Å². The zero-order valence-corrected chi connectivity index (χ0v) is 13.7. The summed E-state index contributed by atoms with van der Waals surface area (Å²) in [5.41, 5.74) is 12.0. The normalized spacial score (nSPS) is 26.8. The van der Waals surface area contributed by atoms with Gasteiger partial charge in [0.1, 0.15) is 30.2 Å². The van der Waals surface area contributed by atoms with Gasteiger partial charge in [0, 0.05) is 13.1 Å². The number of anilines is 1. The number of hydrogen-bond acceptors (Lipinski definition) is 9. The van der Waals surface area contributed by atoms with Gasteiger partial charge in [-0.05, 0) is 13.0 Å². The van der Waals surface area contributed by atoms with Gasteiger partial charge in [-0.25, -0.2) is 15.0 Å². The second-order valence-electron chi connectivity index (χ2n) is 5.83. The number of nitrogens with zero attached hydrogens (tertiary/aromatic N) is 4. The Labute approximate surface area is 144 Å². The molecule has 1 aliphatic heterocycles. The minimum atomic E-state index is -1.10. The van der Waals surface area contributed by atoms with Gasteiger partial charge in [0.15, 0.2) is 17.7 Å². The summed E-state index contributed by atoms with van der Waals surface area (Å²) >= 11 is 0. The van der Waals surface area contributed by atoms with E-state index in [0.29, 0.717) is 24.3 Å². The third-order valence-electron chi connectivity index (χ3n) is 4.13. The summed E-state index contributed by atoms with van der Waals surface area (Å²) in [5, 5.41) is 23.8. The van der Waals surface area contributed by atoms with Crippen molar-refractivity contribution >= 4 is 17.0 Å². The highest BCUT2D eigenvalue weighted by Gasteiger charge is 2.44. The standard InChI is InChI=1S/C15H23N7O3/c16-4-2-1-3-5-18-6-9-11(23)12(24)15(25-9)22-8-21-10-13(17)19-7-20-14(10)22/h1-2,7-9,11-12,15,18,23-24H,3-6,16H2,(H2,17,19,20)/b2-1-/t9-,11-,12-,15-/m1/s1. The van der Waals surface area contributed by atoms with E-state index in [-0.39, 0.29) is 5.82 Å². The van der Waals surface area contributed by atoms with E-state index in [1.54, 1.807) is 4.57 Å². The van der Waals surface area contributed by atoms with E-state index in [1.807, 2.05) is 12.2 Å². The number of ether oxygens (including phenoxy) is 1. The second kappa shape index (κ2) is 7.85. The average molecular weight is 349 g/mol. The number of aromatic nitrogens is 4. The maximum absolute atomic E-state index is 10.4. The van der Waals surface area contributed by atoms with Gasteiger partial charge in [0.2, 0.25) is 0 Å². The molecular formula is C15H23N7O3. The minimum Gasteiger partial charge on any atom is -0.387 e. The summed E-state index contributed by atoms with van der Waals surface area (Å²) in [4.78, 5) is 12.2. The molecule has 0 aromatic carbocycles. The van der Waals surface area contributed by atoms with Crippen LogP contribution in [-0.4, -0.2) is 67.7 Å². The van der Waals surface area contributed by atoms with Crippen LogP contribution in [-0.2, 0) is 4.74 Å². The first kappa shape index (κ1) is 17.7. The highest BCUT2D eigenvalue weighted by atomic mass is 16.6. The Kier molecular flexibility index (Phi) is 5.56. The highest BCUT2D eigenvalue weighted by Crippen LogP contribution is 2.31. The fourth-order valence-corrected chi connectivity index (χ4v) is 2.83. The molecule has 7 N–H and O–H groups in total. The van der Waals surface area contributed by atoms with Crippen LogP contribution in [0.5, 0.6) is 0 Å². The first-order valence-electron chi connectivity index (χ1n) is 8.14. The predicted octanol–water partition coefficient (Wildman–Crippen LogP) is -1.48. The summed E-state index contributed by atoms with van der Waals surface area (Å²) in [7, 11) is 0. The molecule has 0 bridgehead atoms. The third-order valence-corrected chi connectivity index (χ3v) is 4.13. The fraction of sp³-hybridized carbons (Fsp3) is 0.533. The van der Waals surface area contributed by atoms with Crippen LogP contribution < -0.4 is 16.8 Å². The molecule has 0 amide bonds. The first-order chi connectivity index (χ1) is 12.1. The van der Waals surface area contributed by atoms with Crippen LogP contribution in [0.2, 0.25) is 0 Å². The van der Waals surface area contributed by atoms with Crippen LogP contribution in [0.3, 0.4) is 0 Å². The molecule has 3 heterocycles. The molecule has 0 unspecified atom stereocenters. The monoisotopic (exact) mass is 349 g/mol. The largest absolute Gasteiger partial charge is 0.387 e. The number of hydrogen-bond donors (Lipinski definition) is 5. The van der Waals surface area contributed by atoms with E-state index in [1.165, 1.54) is 12.7 Å². The fourth-order valence-electron chi connectivity index (χ4n) is 2.83. The molecule has 2 aromatic heterocycles. The lowest BCUT2D eigenvalue weighted by atomic mass is 10.1. The maximum atomic E-state index is 10.4. The summed E-state index contributed by atoms with van der Waals surface area (Å²) in [6.07, 6.45) is 4.04. The molecule has 0 radical (unpaired) electrons. The van der Waals surface area contributed by atoms with Crippen LogP contribution in [0.25, 0.3) is 11.2 Å². The number of nitrogens with one attached hydrogen (secondary N) is 1. The lowest BCUT2D eigenvalue weighted by molar-refractivity contribution is -0.0341. The van der Waals surface area contributed by atoms with Crippen LogP contribution >= 0.6 is 0 Å². The molecule has 0 aliphatic carbocycles. The lowest BCUT2D eigenvalue weighted by Crippen LogP contribution is -2.37. The Morgan fingerprint density at radius 1 is 1.24 bits per heavy atom. The molecule has 1 aliphatic rings. The van der Waals surface area contributed by atoms with E-state index >= 15 is 0 Å². The number of aliphatic hydroxyl groups is 2. The van der Waals surface area contributed by atoms with Crippen molar-refractivity contribution in [2.75, 3.05) is 25.4 Å². The summed E-state index contributed by atoms with van der Waals surface area (Å²) < 4.78 is 7.39. The Hall–Kier alpha value is -2.11. The molecular weight excluding hydrogens is 326 g/mol. The molecule has 0 spiro atoms. The van der Waals surface area contributed by atoms with E-state index < -0.39 is 24.5 Å². The zero-order valence-electron chi connectivity index (χ0n) is 13.7. The molecule has 136 valence electrons. The third kappa shape index (κ3) is 3.62. The SMILES string of the molecule is NC/C=C\CCNC[C@H]1O[C@@H](n2cnc3c(N)ncnc32)[C@H](O)[C@@H]1O. The van der Waals surface area contributed by atoms with Gasteiger partial charge in [-0.15, -0.1) is 0 Å². The average Bonchev–Trinajstić information content (AvgIpc) is 3.15. The van der Waals surface area contributed by atoms with Gasteiger partial charge in [0.05, 0.1) is 6.33 Å². The Bertz CT molecular complexity index is 735. The molecule has 3 rings (SSSR count). The van der Waals surface area contributed by atoms with Crippen molar-refractivity contribution in [1.82, 2.24) is 24.8 Å². The van der Waals surface area contributed by atoms with Crippen molar-refractivity contribution in [3.63, 3.8) is 0 Å². The number of aliphatic hydroxyl groups excluding tert-OH is 2. The number of nitrogens with two attached hydrogens (primary N) is 2. The molecule has 1 saturated heterocycles. The predicted molar refractivity (Wildman–Crippen MR) is 91.3 cm³/mol. The van der Waals surface area contributed by atoms with Gasteiger partial charge in [-0.1, -0.05) is 12.2 Å². The van der Waals surface area contributed by atoms with E-state index in [4.69, 9.17) is 16.2 Å². The lowest BCUT2D eigenvalue weighted by Gasteiger charge is -2.16. The van der Waals surface area contributed by atoms with E-state index in [2.05, 4.69) is 20.3 Å². The molecule has 4 atom stereocenters. The Morgan fingerprint density at radius 3 is 2.88 bits per heavy atom. The van der Waals surface area contributed by atoms with Crippen molar-refractivity contribution in [2.45, 2.75) is 31.0 Å². The molecule has 10 heteroatoms. The van der Waals surface area contributed by atoms with Crippen molar-refractivity contribution in [2.24, 2.45) is 5.73 Å². The van der Waals surface area contributed by atoms with Crippen molar-refractivity contribution in [3.05, 3.63) is 24.8 Å². The van der Waals surface area contributed by atoms with Crippen molar-refractivity contribution in [1.29, 1.82) is 0 Å². The Balaban J connectivity index is 1.65. The second-order valence-corrected chi connectivity index (χ2v) is 5.83. The minimum absolute atomic E-state index is 0.250. The van der Waals surface area contributed by atoms with Crippen molar-refractivity contribution < 1.29 is 14.9 Å². The van der Waals surface area contributed by atoms with Crippen molar-refractivity contribution in [3.8, 4) is 0 Å². The number of fused-ring (bicyclic) bond motifs is 1. The van der Waals surface area contributed by atoms with Crippen LogP contribution in [0.4, 0.5) is 5.82 Å². The maximum Gasteiger partial charge on any atom is 0.167 e. The van der Waals surface area contributed by atoms with E-state index in [0.717, 1.165) is 13.0 Å². The van der Waals surface area contributed by atoms with Crippen LogP contribution in [0, 0.1) is 0 Å². The summed E-state index contributed by atoms with van der Waals surface area (Å²) in [6, 6.07) is 0. The van der Waals surface area contributed by atoms with Gasteiger partial charge >= 0.3 is 0 Å². The van der Waals surface area contributed by atoms with Gasteiger partial charge in [-0.3, -0.25) is 4.57 Å². The topological polar surface area (TPSA) is 157 Å². The molecule has 0 saturated carbocycles. The highest BCUT2D eigenvalue weighted by molar-refractivity contribution is 5.81. The number of rotatable bonds is 7. The zero-order chi connectivity index (χ0) is 17.8. The number of imidazole rings is 1. The summed E-state index contributed by atoms with van der Waals surface area (Å²) in [5.74, 6) is 0.250. The van der Waals surface area contributed by atoms with Gasteiger partial charge in [0.25, 0.3) is 0 Å². The molecule has 2 aromatic rings. The van der Waals surface area contributed by atoms with Crippen LogP contribution in [0.1, 0.15) is 12.6 Å². The molecule has 25 heavy (non-hydrogen) atoms. The summed E-state index contributed by atoms with van der Waals surface area (Å²) in [6.45, 7) is 1.65. The quantitative estimate of drug-likeness (QED) is 0.297. The number of nitrogen functional groups attached to an aromatic ring is 1. The van der Waals surface area contributed by atoms with Gasteiger partial charge < -0.3 is 31.7 Å². The van der Waals surface area contributed by atoms with Gasteiger partial charge in [-0.2, -0.15) is 0 Å². The molecule has 1 fully saturated rings. The van der Waals surface area contributed by atoms with Crippen LogP contribution in [0.15, 0.2) is 24.8 Å². The smallest absolute Gasteiger partial charge is 0.167 e. The molecule has 10 nitrogen and oxygen atoms in total. The Morgan fingerprint density at radius 2 is 2.08 bits per heavy atom.